The highest BCUT2D eigenvalue weighted by Crippen LogP contribution is 2.60. The lowest BCUT2D eigenvalue weighted by atomic mass is 9.70. The van der Waals surface area contributed by atoms with E-state index in [4.69, 9.17) is 14.6 Å². The Morgan fingerprint density at radius 3 is 2.89 bits per heavy atom. The van der Waals surface area contributed by atoms with Crippen LogP contribution in [0, 0.1) is 11.8 Å². The van der Waals surface area contributed by atoms with Crippen LogP contribution in [0.1, 0.15) is 32.6 Å². The fourth-order valence-corrected chi connectivity index (χ4v) is 6.98. The highest BCUT2D eigenvalue weighted by Gasteiger charge is 2.76. The predicted octanol–water partition coefficient (Wildman–Crippen LogP) is 0.979. The van der Waals surface area contributed by atoms with Crippen molar-refractivity contribution in [2.24, 2.45) is 11.8 Å². The molecule has 3 unspecified atom stereocenters. The van der Waals surface area contributed by atoms with Crippen molar-refractivity contribution >= 4 is 44.7 Å². The molecule has 0 aliphatic carbocycles. The van der Waals surface area contributed by atoms with Crippen LogP contribution in [-0.4, -0.2) is 85.1 Å². The number of alkyl halides is 1. The molecule has 2 aromatic rings. The number of unbranched alkanes of at least 4 members (excludes halogenated alkanes) is 2. The zero-order chi connectivity index (χ0) is 25.4. The van der Waals surface area contributed by atoms with Crippen LogP contribution in [-0.2, 0) is 30.5 Å². The summed E-state index contributed by atoms with van der Waals surface area (Å²) < 4.78 is 13.3. The van der Waals surface area contributed by atoms with Gasteiger partial charge in [0.15, 0.2) is 0 Å². The Hall–Kier alpha value is -2.57. The lowest BCUT2D eigenvalue weighted by molar-refractivity contribution is -0.154. The van der Waals surface area contributed by atoms with Crippen LogP contribution in [0.25, 0.3) is 11.0 Å². The van der Waals surface area contributed by atoms with E-state index in [1.54, 1.807) is 16.5 Å². The van der Waals surface area contributed by atoms with Crippen molar-refractivity contribution in [1.82, 2.24) is 25.2 Å². The van der Waals surface area contributed by atoms with Gasteiger partial charge in [-0.3, -0.25) is 14.4 Å². The van der Waals surface area contributed by atoms with Crippen molar-refractivity contribution in [2.75, 3.05) is 19.8 Å². The zero-order valence-electron chi connectivity index (χ0n) is 20.0. The molecular weight excluding hydrogens is 534 g/mol. The molecule has 11 nitrogen and oxygen atoms in total. The monoisotopic (exact) mass is 563 g/mol. The molecule has 1 spiro atoms. The molecule has 6 atom stereocenters. The highest BCUT2D eigenvalue weighted by atomic mass is 79.9. The van der Waals surface area contributed by atoms with Crippen LogP contribution in [0.3, 0.4) is 0 Å². The number of rotatable bonds is 10. The summed E-state index contributed by atoms with van der Waals surface area (Å²) in [5.41, 5.74) is 0.362. The predicted molar refractivity (Wildman–Crippen MR) is 131 cm³/mol. The van der Waals surface area contributed by atoms with Gasteiger partial charge in [-0.2, -0.15) is 0 Å². The largest absolute Gasteiger partial charge is 0.466 e. The van der Waals surface area contributed by atoms with Crippen molar-refractivity contribution < 1.29 is 29.0 Å². The molecule has 0 saturated carbocycles. The third kappa shape index (κ3) is 3.99. The molecule has 2 amide bonds. The molecule has 2 bridgehead atoms. The van der Waals surface area contributed by atoms with Crippen molar-refractivity contribution in [3.63, 3.8) is 0 Å². The van der Waals surface area contributed by atoms with Gasteiger partial charge in [-0.15, -0.1) is 5.10 Å². The van der Waals surface area contributed by atoms with Gasteiger partial charge >= 0.3 is 5.97 Å². The fraction of sp³-hybridized carbons (Fsp3) is 0.625. The zero-order valence-corrected chi connectivity index (χ0v) is 21.6. The summed E-state index contributed by atoms with van der Waals surface area (Å²) in [6, 6.07) is 6.54. The van der Waals surface area contributed by atoms with Crippen LogP contribution < -0.4 is 5.32 Å². The third-order valence-electron chi connectivity index (χ3n) is 7.48. The van der Waals surface area contributed by atoms with E-state index in [0.717, 1.165) is 5.52 Å². The molecule has 3 fully saturated rings. The molecule has 3 aliphatic heterocycles. The van der Waals surface area contributed by atoms with Crippen LogP contribution >= 0.6 is 15.9 Å². The minimum Gasteiger partial charge on any atom is -0.466 e. The molecule has 1 aromatic heterocycles. The number of para-hydroxylation sites is 1. The number of fused-ring (bicyclic) bond motifs is 2. The normalized spacial score (nSPS) is 30.7. The number of carbonyl (C=O) groups excluding carboxylic acids is 3. The Balaban J connectivity index is 1.43. The van der Waals surface area contributed by atoms with E-state index in [0.29, 0.717) is 37.7 Å². The second-order valence-electron chi connectivity index (χ2n) is 9.51. The maximum Gasteiger partial charge on any atom is 0.312 e. The van der Waals surface area contributed by atoms with Gasteiger partial charge in [0.2, 0.25) is 11.8 Å². The van der Waals surface area contributed by atoms with Gasteiger partial charge in [0.1, 0.15) is 23.8 Å². The first-order valence-corrected chi connectivity index (χ1v) is 13.3. The molecule has 5 rings (SSSR count). The van der Waals surface area contributed by atoms with Gasteiger partial charge in [0.25, 0.3) is 0 Å². The van der Waals surface area contributed by atoms with Crippen molar-refractivity contribution in [3.8, 4) is 0 Å². The Morgan fingerprint density at radius 1 is 1.31 bits per heavy atom. The van der Waals surface area contributed by atoms with E-state index < -0.39 is 35.6 Å². The average Bonchev–Trinajstić information content (AvgIpc) is 3.58. The van der Waals surface area contributed by atoms with E-state index in [1.807, 2.05) is 24.3 Å². The molecule has 36 heavy (non-hydrogen) atoms. The van der Waals surface area contributed by atoms with E-state index in [1.165, 1.54) is 0 Å². The molecule has 12 heteroatoms. The summed E-state index contributed by atoms with van der Waals surface area (Å²) in [4.78, 5) is 41.8. The quantitative estimate of drug-likeness (QED) is 0.248. The number of esters is 1. The summed E-state index contributed by atoms with van der Waals surface area (Å²) in [6.45, 7) is 2.39. The molecule has 3 aliphatic rings. The molecule has 3 saturated heterocycles. The Bertz CT molecular complexity index is 1160. The SMILES string of the molecule is CCOC(=O)[C@H]1[C@@H]2OC3(CC2Br)C(C(=O)NCn2nnc4ccccc42)N(CCCCCO)C(=O)[C@H]13. The number of hydrogen-bond donors (Lipinski definition) is 2. The van der Waals surface area contributed by atoms with Gasteiger partial charge < -0.3 is 24.8 Å². The number of hydrogen-bond acceptors (Lipinski definition) is 8. The molecule has 1 aromatic carbocycles. The Kier molecular flexibility index (Phi) is 7.01. The number of halogens is 1. The maximum atomic E-state index is 13.7. The summed E-state index contributed by atoms with van der Waals surface area (Å²) >= 11 is 3.63. The van der Waals surface area contributed by atoms with Crippen LogP contribution in [0.15, 0.2) is 24.3 Å². The van der Waals surface area contributed by atoms with E-state index in [9.17, 15) is 14.4 Å². The first kappa shape index (κ1) is 25.1. The van der Waals surface area contributed by atoms with Gasteiger partial charge in [0.05, 0.1) is 30.1 Å². The number of nitrogens with zero attached hydrogens (tertiary/aromatic N) is 4. The lowest BCUT2D eigenvalue weighted by Crippen LogP contribution is -2.56. The minimum absolute atomic E-state index is 0.0667. The fourth-order valence-electron chi connectivity index (χ4n) is 6.03. The maximum absolute atomic E-state index is 13.7. The summed E-state index contributed by atoms with van der Waals surface area (Å²) in [7, 11) is 0. The summed E-state index contributed by atoms with van der Waals surface area (Å²) in [5.74, 6) is -2.64. The van der Waals surface area contributed by atoms with Crippen LogP contribution in [0.4, 0.5) is 0 Å². The number of likely N-dealkylation sites (tertiary alicyclic amines) is 1. The minimum atomic E-state index is -1.13. The average molecular weight is 564 g/mol. The first-order chi connectivity index (χ1) is 17.4. The standard InChI is InChI=1S/C24H30BrN5O6/c1-2-35-23(34)17-18-22(33)29(10-6-3-7-11-31)20(24(18)12-14(25)19(17)36-24)21(32)26-13-30-16-9-5-4-8-15(16)27-28-30/h4-5,8-9,14,17-20,31H,2-3,6-7,10-13H2,1H3,(H,26,32)/t14?,17-,18+,19-,20?,24?/m1/s1. The van der Waals surface area contributed by atoms with Crippen LogP contribution in [0.2, 0.25) is 0 Å². The Morgan fingerprint density at radius 2 is 2.11 bits per heavy atom. The number of ether oxygens (including phenoxy) is 2. The van der Waals surface area contributed by atoms with Gasteiger partial charge in [0, 0.05) is 18.0 Å². The van der Waals surface area contributed by atoms with E-state index in [-0.39, 0.29) is 36.5 Å². The van der Waals surface area contributed by atoms with E-state index >= 15 is 0 Å². The third-order valence-corrected chi connectivity index (χ3v) is 8.32. The second kappa shape index (κ2) is 10.1. The van der Waals surface area contributed by atoms with E-state index in [2.05, 4.69) is 31.6 Å². The van der Waals surface area contributed by atoms with Crippen molar-refractivity contribution in [2.45, 2.75) is 61.8 Å². The number of benzene rings is 1. The smallest absolute Gasteiger partial charge is 0.312 e. The summed E-state index contributed by atoms with van der Waals surface area (Å²) in [5, 5.41) is 20.3. The first-order valence-electron chi connectivity index (χ1n) is 12.4. The lowest BCUT2D eigenvalue weighted by Gasteiger charge is -2.34. The number of aromatic nitrogens is 3. The number of amides is 2. The second-order valence-corrected chi connectivity index (χ2v) is 10.7. The molecule has 2 N–H and O–H groups in total. The van der Waals surface area contributed by atoms with Gasteiger partial charge in [-0.1, -0.05) is 33.3 Å². The topological polar surface area (TPSA) is 136 Å². The number of aliphatic hydroxyl groups is 1. The van der Waals surface area contributed by atoms with Crippen molar-refractivity contribution in [3.05, 3.63) is 24.3 Å². The highest BCUT2D eigenvalue weighted by molar-refractivity contribution is 9.09. The van der Waals surface area contributed by atoms with Gasteiger partial charge in [-0.25, -0.2) is 4.68 Å². The Labute approximate surface area is 216 Å². The summed E-state index contributed by atoms with van der Waals surface area (Å²) in [6.07, 6.45) is 1.84. The number of aliphatic hydroxyl groups excluding tert-OH is 1. The van der Waals surface area contributed by atoms with Crippen molar-refractivity contribution in [1.29, 1.82) is 0 Å². The van der Waals surface area contributed by atoms with Gasteiger partial charge in [-0.05, 0) is 44.7 Å². The molecular formula is C24H30BrN5O6. The molecule has 194 valence electrons. The number of nitrogens with one attached hydrogen (secondary N) is 1. The molecule has 4 heterocycles. The molecule has 0 radical (unpaired) electrons. The van der Waals surface area contributed by atoms with Crippen LogP contribution in [0.5, 0.6) is 0 Å². The number of carbonyl (C=O) groups is 3.